The summed E-state index contributed by atoms with van der Waals surface area (Å²) in [5.41, 5.74) is 0.467. The Morgan fingerprint density at radius 3 is 2.24 bits per heavy atom. The predicted molar refractivity (Wildman–Crippen MR) is 76.8 cm³/mol. The van der Waals surface area contributed by atoms with Gasteiger partial charge in [-0.3, -0.25) is 4.79 Å². The number of benzene rings is 1. The minimum atomic E-state index is -3.63. The molecule has 0 aliphatic carbocycles. The molecule has 1 N–H and O–H groups in total. The van der Waals surface area contributed by atoms with Crippen molar-refractivity contribution in [1.82, 2.24) is 4.57 Å². The summed E-state index contributed by atoms with van der Waals surface area (Å²) in [5.74, 6) is -1.19. The van der Waals surface area contributed by atoms with Gasteiger partial charge in [-0.25, -0.2) is 13.2 Å². The zero-order chi connectivity index (χ0) is 15.8. The molecule has 0 saturated heterocycles. The average molecular weight is 307 g/mol. The topological polar surface area (TPSA) is 93.4 Å². The molecule has 1 aromatic heterocycles. The van der Waals surface area contributed by atoms with Crippen molar-refractivity contribution >= 4 is 15.8 Å². The first-order valence-corrected chi connectivity index (χ1v) is 7.86. The fourth-order valence-corrected chi connectivity index (χ4v) is 2.85. The molecule has 2 rings (SSSR count). The second-order valence-corrected chi connectivity index (χ2v) is 6.64. The van der Waals surface area contributed by atoms with Crippen molar-refractivity contribution in [3.05, 3.63) is 58.0 Å². The average Bonchev–Trinajstić information content (AvgIpc) is 2.37. The van der Waals surface area contributed by atoms with E-state index in [1.807, 2.05) is 0 Å². The highest BCUT2D eigenvalue weighted by Crippen LogP contribution is 2.24. The highest BCUT2D eigenvalue weighted by Gasteiger charge is 2.19. The summed E-state index contributed by atoms with van der Waals surface area (Å²) in [4.78, 5) is 22.2. The van der Waals surface area contributed by atoms with Crippen LogP contribution in [0.1, 0.15) is 15.9 Å². The molecule has 0 spiro atoms. The second kappa shape index (κ2) is 5.17. The van der Waals surface area contributed by atoms with Crippen LogP contribution >= 0.6 is 0 Å². The van der Waals surface area contributed by atoms with Crippen molar-refractivity contribution in [2.24, 2.45) is 0 Å². The Kier molecular flexibility index (Phi) is 3.69. The van der Waals surface area contributed by atoms with Gasteiger partial charge in [0.1, 0.15) is 0 Å². The molecule has 0 amide bonds. The third kappa shape index (κ3) is 3.03. The van der Waals surface area contributed by atoms with Crippen molar-refractivity contribution < 1.29 is 18.3 Å². The lowest BCUT2D eigenvalue weighted by atomic mass is 10.1. The van der Waals surface area contributed by atoms with Gasteiger partial charge in [0.25, 0.3) is 0 Å². The minimum Gasteiger partial charge on any atom is -0.478 e. The van der Waals surface area contributed by atoms with Crippen LogP contribution < -0.4 is 5.43 Å². The smallest absolute Gasteiger partial charge is 0.335 e. The molecule has 0 unspecified atom stereocenters. The van der Waals surface area contributed by atoms with Crippen LogP contribution in [0.3, 0.4) is 0 Å². The van der Waals surface area contributed by atoms with E-state index in [4.69, 9.17) is 5.11 Å². The van der Waals surface area contributed by atoms with Crippen molar-refractivity contribution in [3.8, 4) is 5.69 Å². The van der Waals surface area contributed by atoms with Crippen LogP contribution in [0.15, 0.2) is 46.3 Å². The maximum absolute atomic E-state index is 11.9. The van der Waals surface area contributed by atoms with E-state index in [9.17, 15) is 18.0 Å². The number of pyridine rings is 1. The van der Waals surface area contributed by atoms with E-state index in [-0.39, 0.29) is 15.9 Å². The maximum atomic E-state index is 11.9. The Bertz CT molecular complexity index is 860. The highest BCUT2D eigenvalue weighted by molar-refractivity contribution is 7.90. The van der Waals surface area contributed by atoms with E-state index < -0.39 is 15.8 Å². The molecule has 1 heterocycles. The number of hydrogen-bond acceptors (Lipinski definition) is 4. The predicted octanol–water partition coefficient (Wildman–Crippen LogP) is 1.25. The minimum absolute atomic E-state index is 0.0692. The van der Waals surface area contributed by atoms with E-state index in [1.54, 1.807) is 6.92 Å². The van der Waals surface area contributed by atoms with Crippen LogP contribution in [0.2, 0.25) is 0 Å². The molecule has 0 radical (unpaired) electrons. The number of hydrogen-bond donors (Lipinski definition) is 1. The van der Waals surface area contributed by atoms with Gasteiger partial charge in [-0.1, -0.05) is 0 Å². The van der Waals surface area contributed by atoms with Crippen LogP contribution in [-0.4, -0.2) is 30.3 Å². The van der Waals surface area contributed by atoms with Crippen LogP contribution in [0, 0.1) is 6.92 Å². The lowest BCUT2D eigenvalue weighted by molar-refractivity contribution is 0.0696. The summed E-state index contributed by atoms with van der Waals surface area (Å²) < 4.78 is 25.3. The van der Waals surface area contributed by atoms with Gasteiger partial charge in [-0.2, -0.15) is 0 Å². The molecule has 0 saturated carbocycles. The normalized spacial score (nSPS) is 11.3. The van der Waals surface area contributed by atoms with E-state index in [0.29, 0.717) is 11.3 Å². The molecule has 7 heteroatoms. The molecule has 21 heavy (non-hydrogen) atoms. The van der Waals surface area contributed by atoms with Gasteiger partial charge in [0.15, 0.2) is 15.3 Å². The molecule has 0 bridgehead atoms. The largest absolute Gasteiger partial charge is 0.478 e. The zero-order valence-electron chi connectivity index (χ0n) is 11.4. The molecular weight excluding hydrogens is 294 g/mol. The summed E-state index contributed by atoms with van der Waals surface area (Å²) in [5, 5.41) is 9.11. The van der Waals surface area contributed by atoms with Crippen LogP contribution in [0.5, 0.6) is 0 Å². The Balaban J connectivity index is 2.82. The molecule has 110 valence electrons. The quantitative estimate of drug-likeness (QED) is 0.921. The van der Waals surface area contributed by atoms with Crippen LogP contribution in [0.4, 0.5) is 0 Å². The van der Waals surface area contributed by atoms with Gasteiger partial charge < -0.3 is 9.67 Å². The number of aromatic nitrogens is 1. The lowest BCUT2D eigenvalue weighted by Crippen LogP contribution is -2.11. The number of aromatic carboxylic acids is 1. The maximum Gasteiger partial charge on any atom is 0.335 e. The molecule has 6 nitrogen and oxygen atoms in total. The zero-order valence-corrected chi connectivity index (χ0v) is 12.2. The highest BCUT2D eigenvalue weighted by atomic mass is 32.2. The molecule has 1 aromatic carbocycles. The Hall–Kier alpha value is -2.41. The second-order valence-electron chi connectivity index (χ2n) is 4.65. The number of sulfone groups is 1. The summed E-state index contributed by atoms with van der Waals surface area (Å²) in [6.07, 6.45) is 3.88. The monoisotopic (exact) mass is 307 g/mol. The van der Waals surface area contributed by atoms with E-state index in [1.165, 1.54) is 35.2 Å². The number of carboxylic acids is 1. The number of aryl methyl sites for hydroxylation is 1. The van der Waals surface area contributed by atoms with Gasteiger partial charge in [0, 0.05) is 30.8 Å². The number of rotatable bonds is 3. The third-order valence-electron chi connectivity index (χ3n) is 3.01. The summed E-state index contributed by atoms with van der Waals surface area (Å²) in [7, 11) is -3.63. The van der Waals surface area contributed by atoms with Gasteiger partial charge in [0.05, 0.1) is 16.1 Å². The summed E-state index contributed by atoms with van der Waals surface area (Å²) in [6.45, 7) is 1.58. The van der Waals surface area contributed by atoms with Gasteiger partial charge in [0.2, 0.25) is 0 Å². The molecular formula is C14H13NO5S. The summed E-state index contributed by atoms with van der Waals surface area (Å²) >= 11 is 0. The van der Waals surface area contributed by atoms with E-state index in [0.717, 1.165) is 12.3 Å². The number of carbonyl (C=O) groups is 1. The number of nitrogens with zero attached hydrogens (tertiary/aromatic N) is 1. The molecule has 0 atom stereocenters. The van der Waals surface area contributed by atoms with Gasteiger partial charge in [-0.05, 0) is 24.6 Å². The standard InChI is InChI=1S/C14H13NO5S/c1-9-7-12(15-5-3-10(16)4-6-15)13(21(2,19)20)8-11(9)14(17)18/h3-8H,1-2H3,(H,17,18). The fraction of sp³-hybridized carbons (Fsp3) is 0.143. The Labute approximate surface area is 121 Å². The SMILES string of the molecule is Cc1cc(-n2ccc(=O)cc2)c(S(C)(=O)=O)cc1C(=O)O. The van der Waals surface area contributed by atoms with Gasteiger partial charge >= 0.3 is 5.97 Å². The Morgan fingerprint density at radius 1 is 1.19 bits per heavy atom. The van der Waals surface area contributed by atoms with Gasteiger partial charge in [-0.15, -0.1) is 0 Å². The first kappa shape index (κ1) is 15.0. The van der Waals surface area contributed by atoms with Crippen LogP contribution in [0.25, 0.3) is 5.69 Å². The molecule has 0 aliphatic rings. The lowest BCUT2D eigenvalue weighted by Gasteiger charge is -2.14. The van der Waals surface area contributed by atoms with Crippen molar-refractivity contribution in [1.29, 1.82) is 0 Å². The van der Waals surface area contributed by atoms with Crippen LogP contribution in [-0.2, 0) is 9.84 Å². The molecule has 0 fully saturated rings. The first-order chi connectivity index (χ1) is 9.70. The third-order valence-corrected chi connectivity index (χ3v) is 4.14. The van der Waals surface area contributed by atoms with Crippen molar-refractivity contribution in [3.63, 3.8) is 0 Å². The van der Waals surface area contributed by atoms with Crippen molar-refractivity contribution in [2.75, 3.05) is 6.26 Å². The van der Waals surface area contributed by atoms with E-state index in [2.05, 4.69) is 0 Å². The van der Waals surface area contributed by atoms with Crippen molar-refractivity contribution in [2.45, 2.75) is 11.8 Å². The molecule has 0 aliphatic heterocycles. The van der Waals surface area contributed by atoms with E-state index >= 15 is 0 Å². The molecule has 2 aromatic rings. The summed E-state index contributed by atoms with van der Waals surface area (Å²) in [6, 6.07) is 5.21. The fourth-order valence-electron chi connectivity index (χ4n) is 1.98. The number of carboxylic acid groups (broad SMARTS) is 1. The Morgan fingerprint density at radius 2 is 1.76 bits per heavy atom. The first-order valence-electron chi connectivity index (χ1n) is 5.97.